The van der Waals surface area contributed by atoms with Gasteiger partial charge in [0.05, 0.1) is 6.61 Å². The second-order valence-corrected chi connectivity index (χ2v) is 5.11. The average molecular weight is 246 g/mol. The summed E-state index contributed by atoms with van der Waals surface area (Å²) >= 11 is 0. The third-order valence-corrected chi connectivity index (χ3v) is 3.76. The minimum atomic E-state index is 0.282. The van der Waals surface area contributed by atoms with E-state index < -0.39 is 0 Å². The summed E-state index contributed by atoms with van der Waals surface area (Å²) in [6.45, 7) is 5.10. The summed E-state index contributed by atoms with van der Waals surface area (Å²) in [4.78, 5) is 12.2. The summed E-state index contributed by atoms with van der Waals surface area (Å²) in [5.41, 5.74) is 2.04. The zero-order chi connectivity index (χ0) is 13.0. The van der Waals surface area contributed by atoms with Crippen LogP contribution in [0.3, 0.4) is 0 Å². The molecule has 0 radical (unpaired) electrons. The van der Waals surface area contributed by atoms with E-state index in [1.807, 2.05) is 18.2 Å². The Bertz CT molecular complexity index is 423. The number of Topliss-reactive ketones (excluding diaryl/α,β-unsaturated/α-hetero) is 1. The van der Waals surface area contributed by atoms with Gasteiger partial charge in [-0.2, -0.15) is 0 Å². The summed E-state index contributed by atoms with van der Waals surface area (Å²) in [6, 6.07) is 5.87. The topological polar surface area (TPSA) is 26.3 Å². The molecule has 0 spiro atoms. The van der Waals surface area contributed by atoms with E-state index >= 15 is 0 Å². The number of ketones is 1. The van der Waals surface area contributed by atoms with E-state index in [4.69, 9.17) is 4.74 Å². The molecule has 2 nitrogen and oxygen atoms in total. The minimum absolute atomic E-state index is 0.282. The molecule has 0 N–H and O–H groups in total. The smallest absolute Gasteiger partial charge is 0.163 e. The molecule has 1 aromatic carbocycles. The summed E-state index contributed by atoms with van der Waals surface area (Å²) in [7, 11) is 0. The van der Waals surface area contributed by atoms with E-state index in [2.05, 4.69) is 13.8 Å². The van der Waals surface area contributed by atoms with E-state index in [0.29, 0.717) is 12.3 Å². The van der Waals surface area contributed by atoms with Crippen molar-refractivity contribution in [3.63, 3.8) is 0 Å². The Balaban J connectivity index is 2.04. The summed E-state index contributed by atoms with van der Waals surface area (Å²) in [5.74, 6) is 1.77. The fourth-order valence-corrected chi connectivity index (χ4v) is 2.60. The Hall–Kier alpha value is -1.31. The van der Waals surface area contributed by atoms with Crippen molar-refractivity contribution in [2.45, 2.75) is 46.0 Å². The maximum atomic E-state index is 12.2. The molecule has 0 aromatic heterocycles. The Morgan fingerprint density at radius 3 is 2.94 bits per heavy atom. The van der Waals surface area contributed by atoms with Crippen molar-refractivity contribution in [1.82, 2.24) is 0 Å². The van der Waals surface area contributed by atoms with Crippen LogP contribution in [-0.2, 0) is 6.42 Å². The van der Waals surface area contributed by atoms with Gasteiger partial charge in [0.25, 0.3) is 0 Å². The summed E-state index contributed by atoms with van der Waals surface area (Å²) in [5, 5.41) is 0. The second-order valence-electron chi connectivity index (χ2n) is 5.11. The third kappa shape index (κ3) is 2.92. The van der Waals surface area contributed by atoms with Crippen LogP contribution in [0.4, 0.5) is 0 Å². The van der Waals surface area contributed by atoms with Crippen LogP contribution < -0.4 is 4.74 Å². The molecule has 1 heterocycles. The van der Waals surface area contributed by atoms with Crippen LogP contribution in [-0.4, -0.2) is 12.4 Å². The first-order chi connectivity index (χ1) is 8.74. The molecule has 0 saturated carbocycles. The van der Waals surface area contributed by atoms with Gasteiger partial charge >= 0.3 is 0 Å². The van der Waals surface area contributed by atoms with Crippen molar-refractivity contribution in [3.8, 4) is 5.75 Å². The molecule has 0 bridgehead atoms. The molecule has 1 atom stereocenters. The highest BCUT2D eigenvalue weighted by molar-refractivity contribution is 5.96. The predicted molar refractivity (Wildman–Crippen MR) is 73.3 cm³/mol. The van der Waals surface area contributed by atoms with Gasteiger partial charge in [0.1, 0.15) is 5.75 Å². The van der Waals surface area contributed by atoms with E-state index in [0.717, 1.165) is 43.6 Å². The summed E-state index contributed by atoms with van der Waals surface area (Å²) < 4.78 is 5.46. The second kappa shape index (κ2) is 6.03. The van der Waals surface area contributed by atoms with Crippen molar-refractivity contribution in [3.05, 3.63) is 29.3 Å². The number of ether oxygens (including phenoxy) is 1. The first kappa shape index (κ1) is 13.1. The monoisotopic (exact) mass is 246 g/mol. The van der Waals surface area contributed by atoms with Crippen LogP contribution in [0.2, 0.25) is 0 Å². The molecule has 1 aliphatic heterocycles. The van der Waals surface area contributed by atoms with Gasteiger partial charge in [-0.25, -0.2) is 0 Å². The minimum Gasteiger partial charge on any atom is -0.493 e. The van der Waals surface area contributed by atoms with Gasteiger partial charge in [-0.05, 0) is 29.7 Å². The van der Waals surface area contributed by atoms with Crippen molar-refractivity contribution in [2.75, 3.05) is 6.61 Å². The molecule has 1 aliphatic rings. The predicted octanol–water partition coefficient (Wildman–Crippen LogP) is 4.02. The standard InChI is InChI=1S/C16H22O2/c1-3-5-12(4-2)10-15(17)13-6-7-16-14(11-13)8-9-18-16/h6-7,11-12H,3-5,8-10H2,1-2H3. The lowest BCUT2D eigenvalue weighted by atomic mass is 9.92. The maximum absolute atomic E-state index is 12.2. The lowest BCUT2D eigenvalue weighted by Crippen LogP contribution is -2.08. The first-order valence-electron chi connectivity index (χ1n) is 7.03. The Kier molecular flexibility index (Phi) is 4.40. The highest BCUT2D eigenvalue weighted by Crippen LogP contribution is 2.27. The van der Waals surface area contributed by atoms with Crippen LogP contribution in [0.15, 0.2) is 18.2 Å². The van der Waals surface area contributed by atoms with E-state index in [1.54, 1.807) is 0 Å². The fraction of sp³-hybridized carbons (Fsp3) is 0.562. The molecule has 0 aliphatic carbocycles. The number of fused-ring (bicyclic) bond motifs is 1. The molecule has 0 fully saturated rings. The van der Waals surface area contributed by atoms with Crippen LogP contribution in [0.1, 0.15) is 55.5 Å². The number of hydrogen-bond donors (Lipinski definition) is 0. The molecule has 2 heteroatoms. The Morgan fingerprint density at radius 2 is 2.22 bits per heavy atom. The molecule has 0 amide bonds. The Labute approximate surface area is 109 Å². The van der Waals surface area contributed by atoms with Crippen molar-refractivity contribution < 1.29 is 9.53 Å². The zero-order valence-corrected chi connectivity index (χ0v) is 11.4. The van der Waals surface area contributed by atoms with Crippen molar-refractivity contribution in [1.29, 1.82) is 0 Å². The third-order valence-electron chi connectivity index (χ3n) is 3.76. The molecule has 18 heavy (non-hydrogen) atoms. The number of benzene rings is 1. The fourth-order valence-electron chi connectivity index (χ4n) is 2.60. The SMILES string of the molecule is CCCC(CC)CC(=O)c1ccc2c(c1)CCO2. The van der Waals surface area contributed by atoms with Crippen molar-refractivity contribution in [2.24, 2.45) is 5.92 Å². The van der Waals surface area contributed by atoms with E-state index in [9.17, 15) is 4.79 Å². The first-order valence-corrected chi connectivity index (χ1v) is 7.03. The number of rotatable bonds is 6. The molecule has 0 saturated heterocycles. The van der Waals surface area contributed by atoms with Crippen LogP contribution in [0.25, 0.3) is 0 Å². The van der Waals surface area contributed by atoms with Gasteiger partial charge < -0.3 is 4.74 Å². The van der Waals surface area contributed by atoms with Crippen LogP contribution in [0.5, 0.6) is 5.75 Å². The molecule has 1 unspecified atom stereocenters. The van der Waals surface area contributed by atoms with E-state index in [1.165, 1.54) is 5.56 Å². The van der Waals surface area contributed by atoms with Gasteiger partial charge in [0.2, 0.25) is 0 Å². The van der Waals surface area contributed by atoms with Gasteiger partial charge in [-0.1, -0.05) is 33.1 Å². The number of carbonyl (C=O) groups is 1. The molecule has 1 aromatic rings. The highest BCUT2D eigenvalue weighted by Gasteiger charge is 2.17. The maximum Gasteiger partial charge on any atom is 0.163 e. The van der Waals surface area contributed by atoms with Crippen molar-refractivity contribution >= 4 is 5.78 Å². The average Bonchev–Trinajstić information content (AvgIpc) is 2.85. The lowest BCUT2D eigenvalue weighted by molar-refractivity contribution is 0.0957. The Morgan fingerprint density at radius 1 is 1.39 bits per heavy atom. The normalized spacial score (nSPS) is 15.0. The lowest BCUT2D eigenvalue weighted by Gasteiger charge is -2.12. The summed E-state index contributed by atoms with van der Waals surface area (Å²) in [6.07, 6.45) is 5.01. The molecular formula is C16H22O2. The van der Waals surface area contributed by atoms with Gasteiger partial charge in [0.15, 0.2) is 5.78 Å². The highest BCUT2D eigenvalue weighted by atomic mass is 16.5. The van der Waals surface area contributed by atoms with Gasteiger partial charge in [-0.3, -0.25) is 4.79 Å². The molecule has 2 rings (SSSR count). The number of hydrogen-bond acceptors (Lipinski definition) is 2. The van der Waals surface area contributed by atoms with E-state index in [-0.39, 0.29) is 5.78 Å². The van der Waals surface area contributed by atoms with Crippen LogP contribution in [0, 0.1) is 5.92 Å². The quantitative estimate of drug-likeness (QED) is 0.709. The zero-order valence-electron chi connectivity index (χ0n) is 11.4. The molecular weight excluding hydrogens is 224 g/mol. The number of carbonyl (C=O) groups excluding carboxylic acids is 1. The van der Waals surface area contributed by atoms with Gasteiger partial charge in [-0.15, -0.1) is 0 Å². The largest absolute Gasteiger partial charge is 0.493 e. The molecule has 98 valence electrons. The van der Waals surface area contributed by atoms with Gasteiger partial charge in [0, 0.05) is 18.4 Å². The van der Waals surface area contributed by atoms with Crippen LogP contribution >= 0.6 is 0 Å².